The Morgan fingerprint density at radius 1 is 1.30 bits per heavy atom. The minimum atomic E-state index is 0.601. The molecule has 54 valence electrons. The number of hydrogen-bond donors (Lipinski definition) is 1. The molecule has 0 bridgehead atoms. The summed E-state index contributed by atoms with van der Waals surface area (Å²) in [5.41, 5.74) is 0. The molecular formula is C8H11NS. The molecule has 2 atom stereocenters. The standard InChI is InChI=1S/C8H11NS/c1-2-4-8-7(3-1)9-5-6-10-8/h1-4,7-9H,5-6H2. The Balaban J connectivity index is 2.09. The SMILES string of the molecule is C1=CC2NCCSC2C=C1. The predicted octanol–water partition coefficient (Wildman–Crippen LogP) is 1.19. The van der Waals surface area contributed by atoms with Crippen LogP contribution in [0.5, 0.6) is 0 Å². The van der Waals surface area contributed by atoms with Crippen molar-refractivity contribution in [3.8, 4) is 0 Å². The lowest BCUT2D eigenvalue weighted by Gasteiger charge is -2.29. The first-order valence-electron chi connectivity index (χ1n) is 3.67. The molecule has 0 saturated carbocycles. The van der Waals surface area contributed by atoms with Crippen LogP contribution in [0, 0.1) is 0 Å². The summed E-state index contributed by atoms with van der Waals surface area (Å²) in [7, 11) is 0. The fourth-order valence-electron chi connectivity index (χ4n) is 1.35. The van der Waals surface area contributed by atoms with Gasteiger partial charge in [0.15, 0.2) is 0 Å². The maximum absolute atomic E-state index is 3.46. The summed E-state index contributed by atoms with van der Waals surface area (Å²) >= 11 is 2.05. The third-order valence-electron chi connectivity index (χ3n) is 1.88. The molecule has 0 amide bonds. The molecule has 1 heterocycles. The van der Waals surface area contributed by atoms with Gasteiger partial charge in [0.1, 0.15) is 0 Å². The molecular weight excluding hydrogens is 142 g/mol. The molecule has 10 heavy (non-hydrogen) atoms. The summed E-state index contributed by atoms with van der Waals surface area (Å²) < 4.78 is 0. The third-order valence-corrected chi connectivity index (χ3v) is 3.15. The topological polar surface area (TPSA) is 12.0 Å². The van der Waals surface area contributed by atoms with Crippen molar-refractivity contribution >= 4 is 11.8 Å². The van der Waals surface area contributed by atoms with E-state index in [2.05, 4.69) is 29.6 Å². The van der Waals surface area contributed by atoms with Crippen molar-refractivity contribution in [1.82, 2.24) is 5.32 Å². The zero-order valence-electron chi connectivity index (χ0n) is 5.79. The summed E-state index contributed by atoms with van der Waals surface area (Å²) in [5, 5.41) is 4.16. The van der Waals surface area contributed by atoms with Gasteiger partial charge in [0, 0.05) is 23.6 Å². The second-order valence-corrected chi connectivity index (χ2v) is 3.87. The Morgan fingerprint density at radius 3 is 3.10 bits per heavy atom. The van der Waals surface area contributed by atoms with Gasteiger partial charge in [-0.15, -0.1) is 0 Å². The van der Waals surface area contributed by atoms with Crippen LogP contribution in [0.4, 0.5) is 0 Å². The maximum Gasteiger partial charge on any atom is 0.0420 e. The highest BCUT2D eigenvalue weighted by molar-refractivity contribution is 8.00. The van der Waals surface area contributed by atoms with Gasteiger partial charge in [0.05, 0.1) is 0 Å². The Labute approximate surface area is 65.6 Å². The van der Waals surface area contributed by atoms with E-state index in [1.807, 2.05) is 11.8 Å². The highest BCUT2D eigenvalue weighted by Crippen LogP contribution is 2.22. The fraction of sp³-hybridized carbons (Fsp3) is 0.500. The minimum Gasteiger partial charge on any atom is -0.308 e. The van der Waals surface area contributed by atoms with Crippen LogP contribution in [0.25, 0.3) is 0 Å². The van der Waals surface area contributed by atoms with Crippen LogP contribution in [-0.4, -0.2) is 23.6 Å². The molecule has 0 spiro atoms. The Morgan fingerprint density at radius 2 is 2.20 bits per heavy atom. The Kier molecular flexibility index (Phi) is 1.82. The molecule has 1 N–H and O–H groups in total. The van der Waals surface area contributed by atoms with Crippen LogP contribution in [0.2, 0.25) is 0 Å². The molecule has 1 saturated heterocycles. The van der Waals surface area contributed by atoms with Crippen molar-refractivity contribution in [2.75, 3.05) is 12.3 Å². The molecule has 1 aliphatic carbocycles. The number of hydrogen-bond acceptors (Lipinski definition) is 2. The molecule has 2 aliphatic rings. The van der Waals surface area contributed by atoms with Crippen molar-refractivity contribution < 1.29 is 0 Å². The van der Waals surface area contributed by atoms with Crippen LogP contribution in [0.1, 0.15) is 0 Å². The molecule has 1 aliphatic heterocycles. The molecule has 2 unspecified atom stereocenters. The van der Waals surface area contributed by atoms with E-state index in [-0.39, 0.29) is 0 Å². The van der Waals surface area contributed by atoms with Crippen LogP contribution in [0.15, 0.2) is 24.3 Å². The lowest BCUT2D eigenvalue weighted by atomic mass is 10.1. The van der Waals surface area contributed by atoms with E-state index in [4.69, 9.17) is 0 Å². The highest BCUT2D eigenvalue weighted by atomic mass is 32.2. The van der Waals surface area contributed by atoms with Gasteiger partial charge < -0.3 is 5.32 Å². The van der Waals surface area contributed by atoms with E-state index in [0.29, 0.717) is 11.3 Å². The van der Waals surface area contributed by atoms with Gasteiger partial charge in [-0.2, -0.15) is 11.8 Å². The van der Waals surface area contributed by atoms with E-state index in [1.165, 1.54) is 5.75 Å². The van der Waals surface area contributed by atoms with E-state index >= 15 is 0 Å². The van der Waals surface area contributed by atoms with Gasteiger partial charge in [-0.05, 0) is 0 Å². The van der Waals surface area contributed by atoms with E-state index < -0.39 is 0 Å². The molecule has 2 heteroatoms. The highest BCUT2D eigenvalue weighted by Gasteiger charge is 2.21. The normalized spacial score (nSPS) is 37.6. The van der Waals surface area contributed by atoms with Gasteiger partial charge >= 0.3 is 0 Å². The average Bonchev–Trinajstić information content (AvgIpc) is 2.05. The van der Waals surface area contributed by atoms with Crippen LogP contribution in [-0.2, 0) is 0 Å². The van der Waals surface area contributed by atoms with Crippen molar-refractivity contribution in [1.29, 1.82) is 0 Å². The molecule has 0 aromatic rings. The molecule has 0 radical (unpaired) electrons. The van der Waals surface area contributed by atoms with Crippen LogP contribution < -0.4 is 5.32 Å². The van der Waals surface area contributed by atoms with E-state index in [1.54, 1.807) is 0 Å². The van der Waals surface area contributed by atoms with Crippen LogP contribution in [0.3, 0.4) is 0 Å². The maximum atomic E-state index is 3.46. The second-order valence-electron chi connectivity index (χ2n) is 2.59. The number of thioether (sulfide) groups is 1. The zero-order chi connectivity index (χ0) is 6.81. The quantitative estimate of drug-likeness (QED) is 0.561. The summed E-state index contributed by atoms with van der Waals surface area (Å²) in [5.74, 6) is 1.25. The van der Waals surface area contributed by atoms with E-state index in [0.717, 1.165) is 6.54 Å². The number of rotatable bonds is 0. The molecule has 0 aromatic carbocycles. The smallest absolute Gasteiger partial charge is 0.0420 e. The van der Waals surface area contributed by atoms with Crippen molar-refractivity contribution in [3.05, 3.63) is 24.3 Å². The van der Waals surface area contributed by atoms with Gasteiger partial charge in [-0.1, -0.05) is 24.3 Å². The second kappa shape index (κ2) is 2.81. The van der Waals surface area contributed by atoms with Gasteiger partial charge in [0.25, 0.3) is 0 Å². The Hall–Kier alpha value is -0.210. The number of fused-ring (bicyclic) bond motifs is 1. The monoisotopic (exact) mass is 153 g/mol. The summed E-state index contributed by atoms with van der Waals surface area (Å²) in [6.45, 7) is 1.16. The van der Waals surface area contributed by atoms with Crippen LogP contribution >= 0.6 is 11.8 Å². The first-order valence-corrected chi connectivity index (χ1v) is 4.72. The van der Waals surface area contributed by atoms with Gasteiger partial charge in [-0.3, -0.25) is 0 Å². The third kappa shape index (κ3) is 1.13. The average molecular weight is 153 g/mol. The van der Waals surface area contributed by atoms with Crippen molar-refractivity contribution in [2.24, 2.45) is 0 Å². The molecule has 0 aromatic heterocycles. The lowest BCUT2D eigenvalue weighted by molar-refractivity contribution is 0.613. The van der Waals surface area contributed by atoms with Gasteiger partial charge in [-0.25, -0.2) is 0 Å². The van der Waals surface area contributed by atoms with E-state index in [9.17, 15) is 0 Å². The first kappa shape index (κ1) is 6.50. The number of nitrogens with one attached hydrogen (secondary N) is 1. The fourth-order valence-corrected chi connectivity index (χ4v) is 2.45. The first-order chi connectivity index (χ1) is 4.97. The summed E-state index contributed by atoms with van der Waals surface area (Å²) in [4.78, 5) is 0. The van der Waals surface area contributed by atoms with Crippen molar-refractivity contribution in [2.45, 2.75) is 11.3 Å². The van der Waals surface area contributed by atoms with Gasteiger partial charge in [0.2, 0.25) is 0 Å². The molecule has 1 nitrogen and oxygen atoms in total. The Bertz CT molecular complexity index is 154. The predicted molar refractivity (Wildman–Crippen MR) is 46.3 cm³/mol. The minimum absolute atomic E-state index is 0.601. The molecule has 1 fully saturated rings. The molecule has 2 rings (SSSR count). The zero-order valence-corrected chi connectivity index (χ0v) is 6.60. The van der Waals surface area contributed by atoms with Crippen molar-refractivity contribution in [3.63, 3.8) is 0 Å². The summed E-state index contributed by atoms with van der Waals surface area (Å²) in [6.07, 6.45) is 8.79. The number of allylic oxidation sites excluding steroid dienone is 2. The largest absolute Gasteiger partial charge is 0.308 e. The summed E-state index contributed by atoms with van der Waals surface area (Å²) in [6, 6.07) is 0.601. The lowest BCUT2D eigenvalue weighted by Crippen LogP contribution is -2.42.